The van der Waals surface area contributed by atoms with E-state index in [1.165, 1.54) is 0 Å². The molecule has 0 aliphatic rings. The summed E-state index contributed by atoms with van der Waals surface area (Å²) in [4.78, 5) is 23.9. The monoisotopic (exact) mass is 286 g/mol. The molecule has 0 spiro atoms. The Balaban J connectivity index is 1.66. The number of carbonyl (C=O) groups is 1. The summed E-state index contributed by atoms with van der Waals surface area (Å²) in [5.74, 6) is 0.682. The first-order valence-electron chi connectivity index (χ1n) is 6.71. The van der Waals surface area contributed by atoms with Crippen LogP contribution in [0.2, 0.25) is 0 Å². The van der Waals surface area contributed by atoms with E-state index in [0.717, 1.165) is 5.69 Å². The topological polar surface area (TPSA) is 91.8 Å². The van der Waals surface area contributed by atoms with E-state index in [-0.39, 0.29) is 12.1 Å². The van der Waals surface area contributed by atoms with Crippen molar-refractivity contribution in [3.05, 3.63) is 48.7 Å². The lowest BCUT2D eigenvalue weighted by molar-refractivity contribution is 0.238. The van der Waals surface area contributed by atoms with Crippen molar-refractivity contribution in [2.75, 3.05) is 18.4 Å². The maximum absolute atomic E-state index is 11.7. The minimum atomic E-state index is -0.228. The molecule has 0 aliphatic heterocycles. The van der Waals surface area contributed by atoms with Crippen LogP contribution in [0.5, 0.6) is 0 Å². The van der Waals surface area contributed by atoms with Gasteiger partial charge in [0.25, 0.3) is 0 Å². The number of pyridine rings is 1. The maximum atomic E-state index is 11.7. The minimum absolute atomic E-state index is 0.140. The van der Waals surface area contributed by atoms with Crippen LogP contribution in [0.1, 0.15) is 18.7 Å². The van der Waals surface area contributed by atoms with Crippen LogP contribution in [0.4, 0.5) is 10.6 Å². The van der Waals surface area contributed by atoms with Crippen LogP contribution in [0.3, 0.4) is 0 Å². The van der Waals surface area contributed by atoms with Gasteiger partial charge in [-0.25, -0.2) is 9.78 Å². The molecule has 7 nitrogen and oxygen atoms in total. The number of amides is 2. The van der Waals surface area contributed by atoms with Gasteiger partial charge >= 0.3 is 6.03 Å². The second-order valence-corrected chi connectivity index (χ2v) is 4.39. The molecule has 1 unspecified atom stereocenters. The maximum Gasteiger partial charge on any atom is 0.315 e. The molecule has 2 amide bonds. The highest BCUT2D eigenvalue weighted by Gasteiger charge is 2.09. The second-order valence-electron chi connectivity index (χ2n) is 4.39. The fourth-order valence-corrected chi connectivity index (χ4v) is 1.71. The van der Waals surface area contributed by atoms with Crippen molar-refractivity contribution in [1.82, 2.24) is 25.6 Å². The molecule has 2 heterocycles. The standard InChI is InChI=1S/C14H18N6O/c1-11(12-4-2-3-5-16-12)20-14(21)19-9-8-18-13-10-15-6-7-17-13/h2-7,10-11H,8-9H2,1H3,(H,17,18)(H2,19,20,21). The first-order chi connectivity index (χ1) is 10.3. The molecular formula is C14H18N6O. The van der Waals surface area contributed by atoms with E-state index in [4.69, 9.17) is 0 Å². The normalized spacial score (nSPS) is 11.5. The molecule has 0 bridgehead atoms. The van der Waals surface area contributed by atoms with Crippen molar-refractivity contribution in [3.8, 4) is 0 Å². The van der Waals surface area contributed by atoms with Crippen LogP contribution in [-0.2, 0) is 0 Å². The molecule has 2 aromatic heterocycles. The molecule has 0 saturated carbocycles. The fourth-order valence-electron chi connectivity index (χ4n) is 1.71. The van der Waals surface area contributed by atoms with E-state index in [0.29, 0.717) is 18.9 Å². The van der Waals surface area contributed by atoms with Gasteiger partial charge in [0.05, 0.1) is 17.9 Å². The molecule has 0 aromatic carbocycles. The third-order valence-electron chi connectivity index (χ3n) is 2.76. The summed E-state index contributed by atoms with van der Waals surface area (Å²) in [6.45, 7) is 2.95. The molecule has 0 radical (unpaired) electrons. The van der Waals surface area contributed by atoms with Gasteiger partial charge in [0.2, 0.25) is 0 Å². The fraction of sp³-hybridized carbons (Fsp3) is 0.286. The number of anilines is 1. The lowest BCUT2D eigenvalue weighted by Gasteiger charge is -2.14. The largest absolute Gasteiger partial charge is 0.367 e. The van der Waals surface area contributed by atoms with Crippen LogP contribution >= 0.6 is 0 Å². The van der Waals surface area contributed by atoms with E-state index in [1.807, 2.05) is 25.1 Å². The number of hydrogen-bond acceptors (Lipinski definition) is 5. The van der Waals surface area contributed by atoms with Crippen molar-refractivity contribution in [2.45, 2.75) is 13.0 Å². The Morgan fingerprint density at radius 3 is 2.81 bits per heavy atom. The highest BCUT2D eigenvalue weighted by molar-refractivity contribution is 5.74. The SMILES string of the molecule is CC(NC(=O)NCCNc1cnccn1)c1ccccn1. The number of nitrogens with zero attached hydrogens (tertiary/aromatic N) is 3. The summed E-state index contributed by atoms with van der Waals surface area (Å²) < 4.78 is 0. The van der Waals surface area contributed by atoms with Gasteiger partial charge in [-0.1, -0.05) is 6.07 Å². The molecule has 110 valence electrons. The van der Waals surface area contributed by atoms with Crippen molar-refractivity contribution in [3.63, 3.8) is 0 Å². The molecule has 3 N–H and O–H groups in total. The Kier molecular flexibility index (Phi) is 5.45. The highest BCUT2D eigenvalue weighted by atomic mass is 16.2. The predicted octanol–water partition coefficient (Wildman–Crippen LogP) is 1.34. The summed E-state index contributed by atoms with van der Waals surface area (Å²) in [5, 5.41) is 8.65. The van der Waals surface area contributed by atoms with E-state index in [1.54, 1.807) is 24.8 Å². The number of hydrogen-bond donors (Lipinski definition) is 3. The third-order valence-corrected chi connectivity index (χ3v) is 2.76. The van der Waals surface area contributed by atoms with E-state index < -0.39 is 0 Å². The smallest absolute Gasteiger partial charge is 0.315 e. The van der Waals surface area contributed by atoms with Gasteiger partial charge in [-0.3, -0.25) is 9.97 Å². The summed E-state index contributed by atoms with van der Waals surface area (Å²) in [7, 11) is 0. The van der Waals surface area contributed by atoms with Crippen molar-refractivity contribution < 1.29 is 4.79 Å². The molecule has 0 saturated heterocycles. The van der Waals surface area contributed by atoms with Gasteiger partial charge < -0.3 is 16.0 Å². The Bertz CT molecular complexity index is 548. The number of rotatable bonds is 6. The van der Waals surface area contributed by atoms with Gasteiger partial charge in [0, 0.05) is 31.7 Å². The Morgan fingerprint density at radius 1 is 1.19 bits per heavy atom. The van der Waals surface area contributed by atoms with Crippen LogP contribution < -0.4 is 16.0 Å². The van der Waals surface area contributed by atoms with Gasteiger partial charge in [-0.15, -0.1) is 0 Å². The van der Waals surface area contributed by atoms with Crippen LogP contribution in [0, 0.1) is 0 Å². The molecule has 7 heteroatoms. The summed E-state index contributed by atoms with van der Waals surface area (Å²) >= 11 is 0. The van der Waals surface area contributed by atoms with Crippen LogP contribution in [0.25, 0.3) is 0 Å². The third kappa shape index (κ3) is 5.06. The van der Waals surface area contributed by atoms with Gasteiger partial charge in [-0.05, 0) is 19.1 Å². The molecule has 2 rings (SSSR count). The van der Waals surface area contributed by atoms with Crippen molar-refractivity contribution >= 4 is 11.8 Å². The number of carbonyl (C=O) groups excluding carboxylic acids is 1. The molecule has 0 fully saturated rings. The zero-order valence-corrected chi connectivity index (χ0v) is 11.8. The molecule has 2 aromatic rings. The predicted molar refractivity (Wildman–Crippen MR) is 79.7 cm³/mol. The van der Waals surface area contributed by atoms with E-state index >= 15 is 0 Å². The van der Waals surface area contributed by atoms with E-state index in [9.17, 15) is 4.79 Å². The van der Waals surface area contributed by atoms with Crippen LogP contribution in [0.15, 0.2) is 43.0 Å². The zero-order chi connectivity index (χ0) is 14.9. The van der Waals surface area contributed by atoms with Crippen molar-refractivity contribution in [1.29, 1.82) is 0 Å². The van der Waals surface area contributed by atoms with Crippen LogP contribution in [-0.4, -0.2) is 34.1 Å². The second kappa shape index (κ2) is 7.78. The lowest BCUT2D eigenvalue weighted by Crippen LogP contribution is -2.39. The Labute approximate surface area is 123 Å². The quantitative estimate of drug-likeness (QED) is 0.697. The molecular weight excluding hydrogens is 268 g/mol. The van der Waals surface area contributed by atoms with Gasteiger partial charge in [-0.2, -0.15) is 0 Å². The molecule has 21 heavy (non-hydrogen) atoms. The molecule has 0 aliphatic carbocycles. The minimum Gasteiger partial charge on any atom is -0.367 e. The average molecular weight is 286 g/mol. The van der Waals surface area contributed by atoms with Gasteiger partial charge in [0.1, 0.15) is 5.82 Å². The summed E-state index contributed by atoms with van der Waals surface area (Å²) in [6, 6.07) is 5.24. The lowest BCUT2D eigenvalue weighted by atomic mass is 10.2. The number of nitrogens with one attached hydrogen (secondary N) is 3. The average Bonchev–Trinajstić information content (AvgIpc) is 2.53. The first kappa shape index (κ1) is 14.7. The summed E-state index contributed by atoms with van der Waals surface area (Å²) in [5.41, 5.74) is 0.824. The molecule has 1 atom stereocenters. The first-order valence-corrected chi connectivity index (χ1v) is 6.71. The Hall–Kier alpha value is -2.70. The number of urea groups is 1. The highest BCUT2D eigenvalue weighted by Crippen LogP contribution is 2.06. The summed E-state index contributed by atoms with van der Waals surface area (Å²) in [6.07, 6.45) is 6.55. The van der Waals surface area contributed by atoms with E-state index in [2.05, 4.69) is 30.9 Å². The van der Waals surface area contributed by atoms with Crippen molar-refractivity contribution in [2.24, 2.45) is 0 Å². The Morgan fingerprint density at radius 2 is 2.10 bits per heavy atom. The zero-order valence-electron chi connectivity index (χ0n) is 11.8. The number of aromatic nitrogens is 3. The van der Waals surface area contributed by atoms with Gasteiger partial charge in [0.15, 0.2) is 0 Å².